The minimum Gasteiger partial charge on any atom is -0.379 e. The van der Waals surface area contributed by atoms with Crippen LogP contribution in [0.5, 0.6) is 0 Å². The van der Waals surface area contributed by atoms with Gasteiger partial charge in [0.15, 0.2) is 5.78 Å². The fourth-order valence-corrected chi connectivity index (χ4v) is 7.99. The Morgan fingerprint density at radius 3 is 2.56 bits per heavy atom. The van der Waals surface area contributed by atoms with Crippen molar-refractivity contribution in [1.82, 2.24) is 0 Å². The number of fused-ring (bicyclic) bond motifs is 5. The molecule has 0 aromatic heterocycles. The highest BCUT2D eigenvalue weighted by Gasteiger charge is 2.59. The van der Waals surface area contributed by atoms with Crippen molar-refractivity contribution in [3.63, 3.8) is 0 Å². The van der Waals surface area contributed by atoms with Gasteiger partial charge in [-0.3, -0.25) is 4.79 Å². The van der Waals surface area contributed by atoms with Crippen molar-refractivity contribution < 1.29 is 9.53 Å². The first-order chi connectivity index (χ1) is 12.8. The summed E-state index contributed by atoms with van der Waals surface area (Å²) >= 11 is 0. The van der Waals surface area contributed by atoms with Gasteiger partial charge >= 0.3 is 0 Å². The molecule has 2 nitrogen and oxygen atoms in total. The standard InChI is InChI=1S/C25H40O2/c1-16(2)27-15-17(3)21-8-9-22-20-7-6-18-14-19(26)10-12-24(18,4)23(20)11-13-25(21,22)5/h14,16-17,20-23H,6-13,15H2,1-5H3. The largest absolute Gasteiger partial charge is 0.379 e. The van der Waals surface area contributed by atoms with E-state index in [1.54, 1.807) is 0 Å². The number of allylic oxidation sites excluding steroid dienone is 1. The zero-order chi connectivity index (χ0) is 19.4. The lowest BCUT2D eigenvalue weighted by Gasteiger charge is -2.58. The molecule has 0 aromatic carbocycles. The van der Waals surface area contributed by atoms with Crippen LogP contribution in [0.3, 0.4) is 0 Å². The fraction of sp³-hybridized carbons (Fsp3) is 0.880. The molecule has 0 saturated heterocycles. The third-order valence-corrected chi connectivity index (χ3v) is 9.41. The number of hydrogen-bond donors (Lipinski definition) is 0. The molecular weight excluding hydrogens is 332 g/mol. The van der Waals surface area contributed by atoms with Gasteiger partial charge in [0, 0.05) is 13.0 Å². The molecule has 0 N–H and O–H groups in total. The van der Waals surface area contributed by atoms with E-state index in [0.717, 1.165) is 43.1 Å². The van der Waals surface area contributed by atoms with E-state index in [9.17, 15) is 4.79 Å². The summed E-state index contributed by atoms with van der Waals surface area (Å²) in [4.78, 5) is 12.0. The summed E-state index contributed by atoms with van der Waals surface area (Å²) in [6.45, 7) is 12.8. The van der Waals surface area contributed by atoms with E-state index >= 15 is 0 Å². The Bertz CT molecular complexity index is 620. The van der Waals surface area contributed by atoms with E-state index in [-0.39, 0.29) is 0 Å². The van der Waals surface area contributed by atoms with E-state index in [4.69, 9.17) is 4.74 Å². The zero-order valence-electron chi connectivity index (χ0n) is 18.2. The lowest BCUT2D eigenvalue weighted by molar-refractivity contribution is -0.117. The molecule has 3 saturated carbocycles. The normalized spacial score (nSPS) is 45.1. The van der Waals surface area contributed by atoms with Crippen LogP contribution >= 0.6 is 0 Å². The lowest BCUT2D eigenvalue weighted by Crippen LogP contribution is -2.51. The Morgan fingerprint density at radius 1 is 1.04 bits per heavy atom. The van der Waals surface area contributed by atoms with Gasteiger partial charge in [-0.25, -0.2) is 0 Å². The lowest BCUT2D eigenvalue weighted by atomic mass is 9.46. The van der Waals surface area contributed by atoms with Crippen LogP contribution in [0.25, 0.3) is 0 Å². The zero-order valence-corrected chi connectivity index (χ0v) is 18.2. The first-order valence-corrected chi connectivity index (χ1v) is 11.6. The average molecular weight is 373 g/mol. The SMILES string of the molecule is CC(C)OCC(C)C1CCC2C3CCC4=CC(=O)CCC4(C)C3CCC12C. The number of ketones is 1. The molecule has 4 rings (SSSR count). The number of carbonyl (C=O) groups excluding carboxylic acids is 1. The van der Waals surface area contributed by atoms with Crippen LogP contribution in [-0.4, -0.2) is 18.5 Å². The van der Waals surface area contributed by atoms with E-state index in [1.807, 2.05) is 6.08 Å². The smallest absolute Gasteiger partial charge is 0.155 e. The molecule has 7 atom stereocenters. The van der Waals surface area contributed by atoms with Gasteiger partial charge in [-0.2, -0.15) is 0 Å². The van der Waals surface area contributed by atoms with Crippen molar-refractivity contribution in [2.24, 2.45) is 40.4 Å². The van der Waals surface area contributed by atoms with E-state index in [2.05, 4.69) is 34.6 Å². The fourth-order valence-electron chi connectivity index (χ4n) is 7.99. The van der Waals surface area contributed by atoms with Gasteiger partial charge in [0.2, 0.25) is 0 Å². The number of hydrogen-bond acceptors (Lipinski definition) is 2. The molecule has 0 radical (unpaired) electrons. The van der Waals surface area contributed by atoms with Crippen LogP contribution in [0.15, 0.2) is 11.6 Å². The first-order valence-electron chi connectivity index (χ1n) is 11.6. The molecule has 4 aliphatic carbocycles. The van der Waals surface area contributed by atoms with Crippen molar-refractivity contribution >= 4 is 5.78 Å². The molecule has 152 valence electrons. The van der Waals surface area contributed by atoms with Crippen molar-refractivity contribution in [2.75, 3.05) is 6.61 Å². The highest BCUT2D eigenvalue weighted by Crippen LogP contribution is 2.67. The third kappa shape index (κ3) is 3.15. The van der Waals surface area contributed by atoms with Gasteiger partial charge < -0.3 is 4.74 Å². The second-order valence-electron chi connectivity index (χ2n) is 11.1. The van der Waals surface area contributed by atoms with E-state index < -0.39 is 0 Å². The molecule has 27 heavy (non-hydrogen) atoms. The van der Waals surface area contributed by atoms with Crippen molar-refractivity contribution in [3.8, 4) is 0 Å². The molecule has 4 aliphatic rings. The average Bonchev–Trinajstić information content (AvgIpc) is 2.97. The number of ether oxygens (including phenoxy) is 1. The van der Waals surface area contributed by atoms with Gasteiger partial charge in [0.25, 0.3) is 0 Å². The molecule has 0 spiro atoms. The summed E-state index contributed by atoms with van der Waals surface area (Å²) < 4.78 is 6.00. The number of carbonyl (C=O) groups is 1. The highest BCUT2D eigenvalue weighted by atomic mass is 16.5. The van der Waals surface area contributed by atoms with Crippen LogP contribution in [-0.2, 0) is 9.53 Å². The minimum atomic E-state index is 0.308. The maximum Gasteiger partial charge on any atom is 0.155 e. The summed E-state index contributed by atoms with van der Waals surface area (Å²) in [5, 5.41) is 0. The summed E-state index contributed by atoms with van der Waals surface area (Å²) in [6.07, 6.45) is 12.3. The monoisotopic (exact) mass is 372 g/mol. The Morgan fingerprint density at radius 2 is 1.81 bits per heavy atom. The molecule has 3 fully saturated rings. The van der Waals surface area contributed by atoms with Crippen LogP contribution in [0.4, 0.5) is 0 Å². The van der Waals surface area contributed by atoms with Crippen LogP contribution in [0.2, 0.25) is 0 Å². The Kier molecular flexibility index (Phi) is 5.11. The van der Waals surface area contributed by atoms with Crippen molar-refractivity contribution in [1.29, 1.82) is 0 Å². The van der Waals surface area contributed by atoms with Gasteiger partial charge in [0.05, 0.1) is 6.10 Å². The van der Waals surface area contributed by atoms with Gasteiger partial charge in [0.1, 0.15) is 0 Å². The molecule has 0 aliphatic heterocycles. The highest BCUT2D eigenvalue weighted by molar-refractivity contribution is 5.91. The Hall–Kier alpha value is -0.630. The van der Waals surface area contributed by atoms with Gasteiger partial charge in [-0.15, -0.1) is 0 Å². The van der Waals surface area contributed by atoms with E-state index in [1.165, 1.54) is 44.1 Å². The summed E-state index contributed by atoms with van der Waals surface area (Å²) in [7, 11) is 0. The maximum atomic E-state index is 12.0. The third-order valence-electron chi connectivity index (χ3n) is 9.41. The second kappa shape index (κ2) is 7.01. The minimum absolute atomic E-state index is 0.308. The molecule has 2 heteroatoms. The summed E-state index contributed by atoms with van der Waals surface area (Å²) in [5.74, 6) is 4.44. The second-order valence-corrected chi connectivity index (χ2v) is 11.1. The summed E-state index contributed by atoms with van der Waals surface area (Å²) in [5.41, 5.74) is 2.31. The molecule has 0 aromatic rings. The number of rotatable bonds is 4. The van der Waals surface area contributed by atoms with Crippen molar-refractivity contribution in [2.45, 2.75) is 92.1 Å². The van der Waals surface area contributed by atoms with Gasteiger partial charge in [-0.1, -0.05) is 26.3 Å². The van der Waals surface area contributed by atoms with Crippen LogP contribution in [0, 0.1) is 40.4 Å². The molecule has 0 heterocycles. The maximum absolute atomic E-state index is 12.0. The quantitative estimate of drug-likeness (QED) is 0.587. The van der Waals surface area contributed by atoms with Crippen LogP contribution in [0.1, 0.15) is 86.0 Å². The molecule has 0 bridgehead atoms. The first kappa shape index (κ1) is 19.7. The Balaban J connectivity index is 1.54. The molecular formula is C25H40O2. The molecule has 7 unspecified atom stereocenters. The Labute approximate surface area is 166 Å². The van der Waals surface area contributed by atoms with Crippen LogP contribution < -0.4 is 0 Å². The summed E-state index contributed by atoms with van der Waals surface area (Å²) in [6, 6.07) is 0. The van der Waals surface area contributed by atoms with Crippen molar-refractivity contribution in [3.05, 3.63) is 11.6 Å². The molecule has 0 amide bonds. The van der Waals surface area contributed by atoms with E-state index in [0.29, 0.717) is 28.6 Å². The predicted molar refractivity (Wildman–Crippen MR) is 110 cm³/mol. The predicted octanol–water partition coefficient (Wildman–Crippen LogP) is 6.20. The topological polar surface area (TPSA) is 26.3 Å². The van der Waals surface area contributed by atoms with Gasteiger partial charge in [-0.05, 0) is 105 Å².